The highest BCUT2D eigenvalue weighted by molar-refractivity contribution is 7.89. The van der Waals surface area contributed by atoms with Crippen LogP contribution < -0.4 is 10.0 Å². The molecule has 0 heterocycles. The lowest BCUT2D eigenvalue weighted by atomic mass is 10.2. The van der Waals surface area contributed by atoms with Gasteiger partial charge in [0.25, 0.3) is 0 Å². The SMILES string of the molecule is CCNCc1ccc(F)c(S(=O)(=O)NC(C)C2CC2)c1. The van der Waals surface area contributed by atoms with Crippen LogP contribution in [0, 0.1) is 11.7 Å². The molecule has 0 radical (unpaired) electrons. The van der Waals surface area contributed by atoms with Crippen molar-refractivity contribution in [3.8, 4) is 0 Å². The van der Waals surface area contributed by atoms with E-state index in [0.717, 1.165) is 24.9 Å². The molecule has 1 aliphatic carbocycles. The van der Waals surface area contributed by atoms with Crippen LogP contribution in [0.25, 0.3) is 0 Å². The standard InChI is InChI=1S/C14H21FN2O2S/c1-3-16-9-11-4-7-13(15)14(8-11)20(18,19)17-10(2)12-5-6-12/h4,7-8,10,12,16-17H,3,5-6,9H2,1-2H3. The number of nitrogens with one attached hydrogen (secondary N) is 2. The molecule has 0 saturated heterocycles. The zero-order valence-electron chi connectivity index (χ0n) is 11.8. The predicted molar refractivity (Wildman–Crippen MR) is 76.3 cm³/mol. The lowest BCUT2D eigenvalue weighted by Crippen LogP contribution is -2.34. The van der Waals surface area contributed by atoms with Gasteiger partial charge in [-0.2, -0.15) is 0 Å². The van der Waals surface area contributed by atoms with Crippen molar-refractivity contribution in [3.05, 3.63) is 29.6 Å². The normalized spacial score (nSPS) is 17.1. The van der Waals surface area contributed by atoms with Gasteiger partial charge in [0.2, 0.25) is 10.0 Å². The minimum absolute atomic E-state index is 0.142. The first-order valence-electron chi connectivity index (χ1n) is 6.95. The Morgan fingerprint density at radius 1 is 1.40 bits per heavy atom. The zero-order chi connectivity index (χ0) is 14.8. The van der Waals surface area contributed by atoms with Gasteiger partial charge in [0.05, 0.1) is 0 Å². The fourth-order valence-corrected chi connectivity index (χ4v) is 3.57. The molecule has 2 N–H and O–H groups in total. The van der Waals surface area contributed by atoms with E-state index >= 15 is 0 Å². The fourth-order valence-electron chi connectivity index (χ4n) is 2.13. The number of benzene rings is 1. The minimum atomic E-state index is -3.80. The Balaban J connectivity index is 2.20. The summed E-state index contributed by atoms with van der Waals surface area (Å²) < 4.78 is 40.9. The summed E-state index contributed by atoms with van der Waals surface area (Å²) in [5.41, 5.74) is 0.757. The molecular weight excluding hydrogens is 279 g/mol. The van der Waals surface area contributed by atoms with E-state index in [-0.39, 0.29) is 10.9 Å². The molecule has 0 spiro atoms. The smallest absolute Gasteiger partial charge is 0.243 e. The Morgan fingerprint density at radius 3 is 2.70 bits per heavy atom. The van der Waals surface area contributed by atoms with Crippen LogP contribution in [0.5, 0.6) is 0 Å². The number of halogens is 1. The van der Waals surface area contributed by atoms with Gasteiger partial charge in [0.15, 0.2) is 0 Å². The van der Waals surface area contributed by atoms with Gasteiger partial charge in [-0.1, -0.05) is 13.0 Å². The van der Waals surface area contributed by atoms with Crippen LogP contribution in [0.2, 0.25) is 0 Å². The van der Waals surface area contributed by atoms with Gasteiger partial charge in [0, 0.05) is 12.6 Å². The summed E-state index contributed by atoms with van der Waals surface area (Å²) >= 11 is 0. The molecule has 1 atom stereocenters. The van der Waals surface area contributed by atoms with E-state index in [0.29, 0.717) is 12.5 Å². The van der Waals surface area contributed by atoms with E-state index < -0.39 is 15.8 Å². The highest BCUT2D eigenvalue weighted by Crippen LogP contribution is 2.33. The number of sulfonamides is 1. The molecule has 1 aliphatic rings. The molecule has 20 heavy (non-hydrogen) atoms. The van der Waals surface area contributed by atoms with E-state index in [1.54, 1.807) is 6.07 Å². The molecule has 1 fully saturated rings. The first kappa shape index (κ1) is 15.4. The van der Waals surface area contributed by atoms with Crippen molar-refractivity contribution in [2.45, 2.75) is 44.2 Å². The van der Waals surface area contributed by atoms with Crippen LogP contribution in [-0.4, -0.2) is 21.0 Å². The Labute approximate surface area is 119 Å². The van der Waals surface area contributed by atoms with Crippen LogP contribution in [-0.2, 0) is 16.6 Å². The van der Waals surface area contributed by atoms with Crippen molar-refractivity contribution < 1.29 is 12.8 Å². The molecule has 112 valence electrons. The molecular formula is C14H21FN2O2S. The second-order valence-corrected chi connectivity index (χ2v) is 6.97. The molecule has 1 aromatic rings. The second-order valence-electron chi connectivity index (χ2n) is 5.29. The third kappa shape index (κ3) is 3.77. The lowest BCUT2D eigenvalue weighted by molar-refractivity contribution is 0.526. The van der Waals surface area contributed by atoms with Crippen molar-refractivity contribution in [2.75, 3.05) is 6.54 Å². The van der Waals surface area contributed by atoms with Crippen molar-refractivity contribution in [2.24, 2.45) is 5.92 Å². The van der Waals surface area contributed by atoms with Gasteiger partial charge < -0.3 is 5.32 Å². The maximum atomic E-state index is 13.8. The quantitative estimate of drug-likeness (QED) is 0.810. The van der Waals surface area contributed by atoms with E-state index in [4.69, 9.17) is 0 Å². The van der Waals surface area contributed by atoms with Crippen LogP contribution in [0.3, 0.4) is 0 Å². The summed E-state index contributed by atoms with van der Waals surface area (Å²) in [5.74, 6) is -0.321. The minimum Gasteiger partial charge on any atom is -0.313 e. The number of hydrogen-bond donors (Lipinski definition) is 2. The molecule has 1 saturated carbocycles. The number of rotatable bonds is 7. The predicted octanol–water partition coefficient (Wildman–Crippen LogP) is 2.01. The monoisotopic (exact) mass is 300 g/mol. The molecule has 2 rings (SSSR count). The summed E-state index contributed by atoms with van der Waals surface area (Å²) in [5, 5.41) is 3.09. The Bertz CT molecular complexity index is 571. The van der Waals surface area contributed by atoms with Crippen LogP contribution in [0.1, 0.15) is 32.3 Å². The van der Waals surface area contributed by atoms with Crippen molar-refractivity contribution in [3.63, 3.8) is 0 Å². The summed E-state index contributed by atoms with van der Waals surface area (Å²) in [6, 6.07) is 4.07. The Kier molecular flexibility index (Phi) is 4.78. The largest absolute Gasteiger partial charge is 0.313 e. The lowest BCUT2D eigenvalue weighted by Gasteiger charge is -2.14. The van der Waals surface area contributed by atoms with Gasteiger partial charge in [0.1, 0.15) is 10.7 Å². The van der Waals surface area contributed by atoms with Gasteiger partial charge in [-0.25, -0.2) is 17.5 Å². The molecule has 0 aliphatic heterocycles. The van der Waals surface area contributed by atoms with Crippen molar-refractivity contribution >= 4 is 10.0 Å². The topological polar surface area (TPSA) is 58.2 Å². The third-order valence-electron chi connectivity index (χ3n) is 3.53. The molecule has 1 aromatic carbocycles. The highest BCUT2D eigenvalue weighted by atomic mass is 32.2. The average Bonchev–Trinajstić information content (AvgIpc) is 3.21. The Hall–Kier alpha value is -0.980. The first-order valence-corrected chi connectivity index (χ1v) is 8.44. The van der Waals surface area contributed by atoms with Crippen molar-refractivity contribution in [1.82, 2.24) is 10.0 Å². The zero-order valence-corrected chi connectivity index (χ0v) is 12.6. The summed E-state index contributed by atoms with van der Waals surface area (Å²) in [6.07, 6.45) is 2.07. The molecule has 4 nitrogen and oxygen atoms in total. The first-order chi connectivity index (χ1) is 9.44. The Morgan fingerprint density at radius 2 is 2.10 bits per heavy atom. The van der Waals surface area contributed by atoms with Crippen LogP contribution in [0.15, 0.2) is 23.1 Å². The molecule has 6 heteroatoms. The molecule has 0 bridgehead atoms. The maximum Gasteiger partial charge on any atom is 0.243 e. The van der Waals surface area contributed by atoms with E-state index in [1.807, 2.05) is 13.8 Å². The van der Waals surface area contributed by atoms with Gasteiger partial charge >= 0.3 is 0 Å². The molecule has 1 unspecified atom stereocenters. The van der Waals surface area contributed by atoms with E-state index in [2.05, 4.69) is 10.0 Å². The second kappa shape index (κ2) is 6.20. The third-order valence-corrected chi connectivity index (χ3v) is 5.11. The maximum absolute atomic E-state index is 13.8. The fraction of sp³-hybridized carbons (Fsp3) is 0.571. The van der Waals surface area contributed by atoms with Crippen molar-refractivity contribution in [1.29, 1.82) is 0 Å². The molecule has 0 aromatic heterocycles. The molecule has 0 amide bonds. The van der Waals surface area contributed by atoms with E-state index in [9.17, 15) is 12.8 Å². The van der Waals surface area contributed by atoms with E-state index in [1.165, 1.54) is 12.1 Å². The number of hydrogen-bond acceptors (Lipinski definition) is 3. The average molecular weight is 300 g/mol. The van der Waals surface area contributed by atoms with Gasteiger partial charge in [-0.15, -0.1) is 0 Å². The summed E-state index contributed by atoms with van der Waals surface area (Å²) in [7, 11) is -3.80. The summed E-state index contributed by atoms with van der Waals surface area (Å²) in [6.45, 7) is 5.09. The summed E-state index contributed by atoms with van der Waals surface area (Å²) in [4.78, 5) is -0.264. The van der Waals surface area contributed by atoms with Crippen LogP contribution in [0.4, 0.5) is 4.39 Å². The van der Waals surface area contributed by atoms with Gasteiger partial charge in [-0.3, -0.25) is 0 Å². The van der Waals surface area contributed by atoms with Gasteiger partial charge in [-0.05, 0) is 49.9 Å². The highest BCUT2D eigenvalue weighted by Gasteiger charge is 2.32. The van der Waals surface area contributed by atoms with Crippen LogP contribution >= 0.6 is 0 Å².